The molecule has 19 heavy (non-hydrogen) atoms. The Morgan fingerprint density at radius 2 is 2.11 bits per heavy atom. The lowest BCUT2D eigenvalue weighted by Crippen LogP contribution is -2.17. The molecule has 0 saturated carbocycles. The molecule has 1 unspecified atom stereocenters. The molecule has 104 valence electrons. The lowest BCUT2D eigenvalue weighted by atomic mass is 10.1. The van der Waals surface area contributed by atoms with Crippen LogP contribution in [0.2, 0.25) is 0 Å². The van der Waals surface area contributed by atoms with Gasteiger partial charge in [-0.1, -0.05) is 6.07 Å². The van der Waals surface area contributed by atoms with Gasteiger partial charge in [-0.2, -0.15) is 0 Å². The molecule has 0 heterocycles. The second kappa shape index (κ2) is 6.89. The number of rotatable bonds is 6. The van der Waals surface area contributed by atoms with Crippen LogP contribution in [0.4, 0.5) is 5.69 Å². The Bertz CT molecular complexity index is 470. The Hall–Kier alpha value is -1.88. The maximum atomic E-state index is 11.7. The van der Waals surface area contributed by atoms with Crippen LogP contribution in [0.15, 0.2) is 18.2 Å². The molecule has 0 aliphatic carbocycles. The average Bonchev–Trinajstić information content (AvgIpc) is 2.30. The maximum Gasteiger partial charge on any atom is 0.336 e. The number of carboxylic acids is 1. The van der Waals surface area contributed by atoms with E-state index in [-0.39, 0.29) is 17.5 Å². The molecular weight excluding hydrogens is 244 g/mol. The quantitative estimate of drug-likeness (QED) is 0.734. The van der Waals surface area contributed by atoms with E-state index >= 15 is 0 Å². The molecule has 5 nitrogen and oxygen atoms in total. The van der Waals surface area contributed by atoms with E-state index in [0.717, 1.165) is 12.8 Å². The Kier molecular flexibility index (Phi) is 5.51. The highest BCUT2D eigenvalue weighted by molar-refractivity contribution is 5.94. The van der Waals surface area contributed by atoms with E-state index in [9.17, 15) is 9.59 Å². The van der Waals surface area contributed by atoms with Gasteiger partial charge in [-0.25, -0.2) is 4.79 Å². The number of aryl methyl sites for hydroxylation is 1. The fraction of sp³-hybridized carbons (Fsp3) is 0.429. The first-order valence-corrected chi connectivity index (χ1v) is 6.29. The predicted octanol–water partition coefficient (Wildman–Crippen LogP) is 2.15. The molecule has 0 fully saturated rings. The molecule has 5 heteroatoms. The molecule has 0 aliphatic rings. The summed E-state index contributed by atoms with van der Waals surface area (Å²) in [4.78, 5) is 22.6. The van der Waals surface area contributed by atoms with E-state index in [1.54, 1.807) is 19.1 Å². The zero-order valence-corrected chi connectivity index (χ0v) is 11.3. The van der Waals surface area contributed by atoms with Crippen LogP contribution in [0.5, 0.6) is 0 Å². The SMILES string of the molecule is Cc1ccc(NC(=O)CCCC(C)N)cc1C(=O)O. The molecule has 0 radical (unpaired) electrons. The molecule has 0 bridgehead atoms. The lowest BCUT2D eigenvalue weighted by Gasteiger charge is -2.08. The number of anilines is 1. The molecule has 0 saturated heterocycles. The van der Waals surface area contributed by atoms with Gasteiger partial charge in [0.2, 0.25) is 5.91 Å². The monoisotopic (exact) mass is 264 g/mol. The highest BCUT2D eigenvalue weighted by Gasteiger charge is 2.09. The van der Waals surface area contributed by atoms with Gasteiger partial charge < -0.3 is 16.2 Å². The second-order valence-electron chi connectivity index (χ2n) is 4.75. The number of carbonyl (C=O) groups excluding carboxylic acids is 1. The number of carboxylic acid groups (broad SMARTS) is 1. The number of aromatic carboxylic acids is 1. The van der Waals surface area contributed by atoms with Gasteiger partial charge in [0, 0.05) is 18.2 Å². The van der Waals surface area contributed by atoms with Gasteiger partial charge in [0.05, 0.1) is 5.56 Å². The third-order valence-electron chi connectivity index (χ3n) is 2.82. The predicted molar refractivity (Wildman–Crippen MR) is 74.3 cm³/mol. The zero-order valence-electron chi connectivity index (χ0n) is 11.3. The van der Waals surface area contributed by atoms with Gasteiger partial charge in [-0.3, -0.25) is 4.79 Å². The zero-order chi connectivity index (χ0) is 14.4. The summed E-state index contributed by atoms with van der Waals surface area (Å²) in [7, 11) is 0. The summed E-state index contributed by atoms with van der Waals surface area (Å²) < 4.78 is 0. The first kappa shape index (κ1) is 15.2. The van der Waals surface area contributed by atoms with Crippen molar-refractivity contribution in [2.45, 2.75) is 39.2 Å². The number of carbonyl (C=O) groups is 2. The smallest absolute Gasteiger partial charge is 0.336 e. The van der Waals surface area contributed by atoms with E-state index in [4.69, 9.17) is 10.8 Å². The van der Waals surface area contributed by atoms with Crippen molar-refractivity contribution < 1.29 is 14.7 Å². The van der Waals surface area contributed by atoms with E-state index in [0.29, 0.717) is 17.7 Å². The van der Waals surface area contributed by atoms with E-state index in [1.807, 2.05) is 6.92 Å². The molecule has 1 aromatic rings. The van der Waals surface area contributed by atoms with Crippen molar-refractivity contribution in [3.63, 3.8) is 0 Å². The van der Waals surface area contributed by atoms with Crippen molar-refractivity contribution >= 4 is 17.6 Å². The summed E-state index contributed by atoms with van der Waals surface area (Å²) in [6.45, 7) is 3.62. The number of nitrogens with one attached hydrogen (secondary N) is 1. The summed E-state index contributed by atoms with van der Waals surface area (Å²) >= 11 is 0. The summed E-state index contributed by atoms with van der Waals surface area (Å²) in [5.41, 5.74) is 6.98. The van der Waals surface area contributed by atoms with Gasteiger partial charge in [-0.05, 0) is 44.4 Å². The van der Waals surface area contributed by atoms with Crippen molar-refractivity contribution in [2.24, 2.45) is 5.73 Å². The summed E-state index contributed by atoms with van der Waals surface area (Å²) in [6, 6.07) is 4.94. The Labute approximate surface area is 112 Å². The Balaban J connectivity index is 2.60. The molecular formula is C14H20N2O3. The average molecular weight is 264 g/mol. The number of amides is 1. The van der Waals surface area contributed by atoms with Crippen LogP contribution in [-0.2, 0) is 4.79 Å². The van der Waals surface area contributed by atoms with Gasteiger partial charge in [0.1, 0.15) is 0 Å². The minimum absolute atomic E-state index is 0.0887. The second-order valence-corrected chi connectivity index (χ2v) is 4.75. The van der Waals surface area contributed by atoms with Crippen LogP contribution in [0.3, 0.4) is 0 Å². The number of benzene rings is 1. The molecule has 1 amide bonds. The maximum absolute atomic E-state index is 11.7. The number of hydrogen-bond donors (Lipinski definition) is 3. The van der Waals surface area contributed by atoms with E-state index in [2.05, 4.69) is 5.32 Å². The third kappa shape index (κ3) is 5.09. The lowest BCUT2D eigenvalue weighted by molar-refractivity contribution is -0.116. The summed E-state index contributed by atoms with van der Waals surface area (Å²) in [6.07, 6.45) is 1.90. The summed E-state index contributed by atoms with van der Waals surface area (Å²) in [5.74, 6) is -1.12. The van der Waals surface area contributed by atoms with Crippen LogP contribution in [-0.4, -0.2) is 23.0 Å². The van der Waals surface area contributed by atoms with Crippen LogP contribution in [0.1, 0.15) is 42.1 Å². The van der Waals surface area contributed by atoms with Crippen molar-refractivity contribution in [2.75, 3.05) is 5.32 Å². The van der Waals surface area contributed by atoms with Crippen molar-refractivity contribution in [1.29, 1.82) is 0 Å². The number of hydrogen-bond acceptors (Lipinski definition) is 3. The van der Waals surface area contributed by atoms with E-state index < -0.39 is 5.97 Å². The fourth-order valence-electron chi connectivity index (χ4n) is 1.74. The summed E-state index contributed by atoms with van der Waals surface area (Å²) in [5, 5.41) is 11.7. The minimum Gasteiger partial charge on any atom is -0.478 e. The minimum atomic E-state index is -0.995. The Morgan fingerprint density at radius 1 is 1.42 bits per heavy atom. The van der Waals surface area contributed by atoms with E-state index in [1.165, 1.54) is 6.07 Å². The first-order valence-electron chi connectivity index (χ1n) is 6.29. The van der Waals surface area contributed by atoms with Crippen LogP contribution in [0, 0.1) is 6.92 Å². The van der Waals surface area contributed by atoms with Crippen LogP contribution >= 0.6 is 0 Å². The molecule has 1 aromatic carbocycles. The fourth-order valence-corrected chi connectivity index (χ4v) is 1.74. The van der Waals surface area contributed by atoms with Crippen molar-refractivity contribution in [1.82, 2.24) is 0 Å². The molecule has 4 N–H and O–H groups in total. The Morgan fingerprint density at radius 3 is 2.68 bits per heavy atom. The molecule has 0 spiro atoms. The van der Waals surface area contributed by atoms with Gasteiger partial charge in [0.15, 0.2) is 0 Å². The van der Waals surface area contributed by atoms with Gasteiger partial charge in [0.25, 0.3) is 0 Å². The highest BCUT2D eigenvalue weighted by atomic mass is 16.4. The molecule has 0 aliphatic heterocycles. The topological polar surface area (TPSA) is 92.4 Å². The van der Waals surface area contributed by atoms with Gasteiger partial charge >= 0.3 is 5.97 Å². The van der Waals surface area contributed by atoms with Gasteiger partial charge in [-0.15, -0.1) is 0 Å². The largest absolute Gasteiger partial charge is 0.478 e. The third-order valence-corrected chi connectivity index (χ3v) is 2.82. The highest BCUT2D eigenvalue weighted by Crippen LogP contribution is 2.16. The normalized spacial score (nSPS) is 11.9. The first-order chi connectivity index (χ1) is 8.90. The van der Waals surface area contributed by atoms with Crippen molar-refractivity contribution in [3.05, 3.63) is 29.3 Å². The van der Waals surface area contributed by atoms with Crippen LogP contribution < -0.4 is 11.1 Å². The van der Waals surface area contributed by atoms with Crippen molar-refractivity contribution in [3.8, 4) is 0 Å². The molecule has 1 atom stereocenters. The standard InChI is InChI=1S/C14H20N2O3/c1-9-6-7-11(8-12(9)14(18)19)16-13(17)5-3-4-10(2)15/h6-8,10H,3-5,15H2,1-2H3,(H,16,17)(H,18,19). The molecule has 0 aromatic heterocycles. The number of nitrogens with two attached hydrogens (primary N) is 1. The molecule has 1 rings (SSSR count). The van der Waals surface area contributed by atoms with Crippen LogP contribution in [0.25, 0.3) is 0 Å².